The fraction of sp³-hybridized carbons (Fsp3) is 0.538. The second-order valence-electron chi connectivity index (χ2n) is 5.35. The molecular weight excluding hydrogens is 298 g/mol. The molecule has 1 aromatic heterocycles. The average molecular weight is 315 g/mol. The third-order valence-electron chi connectivity index (χ3n) is 3.37. The molecule has 2 rings (SSSR count). The minimum absolute atomic E-state index is 0.0393. The predicted molar refractivity (Wildman–Crippen MR) is 72.8 cm³/mol. The highest BCUT2D eigenvalue weighted by atomic mass is 32.2. The molecule has 1 aromatic rings. The highest BCUT2D eigenvalue weighted by Gasteiger charge is 2.31. The Bertz CT molecular complexity index is 671. The number of sulfone groups is 1. The van der Waals surface area contributed by atoms with Crippen LogP contribution in [0.25, 0.3) is 0 Å². The van der Waals surface area contributed by atoms with Crippen molar-refractivity contribution in [1.82, 2.24) is 5.32 Å². The number of hydrogen-bond acceptors (Lipinski definition) is 5. The molecule has 0 spiro atoms. The lowest BCUT2D eigenvalue weighted by atomic mass is 10.1. The zero-order valence-electron chi connectivity index (χ0n) is 11.8. The van der Waals surface area contributed by atoms with Gasteiger partial charge in [0.15, 0.2) is 0 Å². The van der Waals surface area contributed by atoms with Crippen molar-refractivity contribution in [1.29, 1.82) is 0 Å². The Hall–Kier alpha value is -1.83. The normalized spacial score (nSPS) is 16.5. The molecule has 1 atom stereocenters. The van der Waals surface area contributed by atoms with Crippen molar-refractivity contribution in [3.8, 4) is 0 Å². The zero-order valence-corrected chi connectivity index (χ0v) is 12.6. The van der Waals surface area contributed by atoms with Crippen LogP contribution in [0.5, 0.6) is 0 Å². The van der Waals surface area contributed by atoms with Gasteiger partial charge in [0.2, 0.25) is 14.9 Å². The fourth-order valence-electron chi connectivity index (χ4n) is 2.01. The first-order valence-electron chi connectivity index (χ1n) is 6.52. The molecule has 0 bridgehead atoms. The Kier molecular flexibility index (Phi) is 4.08. The maximum absolute atomic E-state index is 12.1. The largest absolute Gasteiger partial charge is 0.480 e. The number of carboxylic acid groups (broad SMARTS) is 1. The predicted octanol–water partition coefficient (Wildman–Crippen LogP) is 0.975. The molecule has 0 aromatic carbocycles. The zero-order chi connectivity index (χ0) is 15.8. The summed E-state index contributed by atoms with van der Waals surface area (Å²) in [5.74, 6) is -1.26. The lowest BCUT2D eigenvalue weighted by Crippen LogP contribution is -2.41. The third-order valence-corrected chi connectivity index (χ3v) is 4.31. The Morgan fingerprint density at radius 2 is 2.10 bits per heavy atom. The third kappa shape index (κ3) is 3.84. The highest BCUT2D eigenvalue weighted by Crippen LogP contribution is 2.33. The molecule has 0 saturated heterocycles. The van der Waals surface area contributed by atoms with Gasteiger partial charge in [-0.2, -0.15) is 0 Å². The van der Waals surface area contributed by atoms with E-state index in [1.54, 1.807) is 0 Å². The maximum atomic E-state index is 12.1. The van der Waals surface area contributed by atoms with Crippen LogP contribution in [0.1, 0.15) is 35.4 Å². The number of rotatable bonds is 6. The monoisotopic (exact) mass is 315 g/mol. The number of aliphatic carboxylic acids is 1. The van der Waals surface area contributed by atoms with Gasteiger partial charge >= 0.3 is 5.97 Å². The Morgan fingerprint density at radius 3 is 2.52 bits per heavy atom. The van der Waals surface area contributed by atoms with Crippen LogP contribution in [0.3, 0.4) is 0 Å². The van der Waals surface area contributed by atoms with Gasteiger partial charge in [0, 0.05) is 12.3 Å². The number of carbonyl (C=O) groups is 2. The van der Waals surface area contributed by atoms with Gasteiger partial charge in [0.1, 0.15) is 11.8 Å². The van der Waals surface area contributed by atoms with Gasteiger partial charge in [-0.25, -0.2) is 13.2 Å². The van der Waals surface area contributed by atoms with Crippen molar-refractivity contribution < 1.29 is 27.5 Å². The van der Waals surface area contributed by atoms with Crippen LogP contribution in [0.4, 0.5) is 0 Å². The van der Waals surface area contributed by atoms with Crippen LogP contribution in [0.2, 0.25) is 0 Å². The quantitative estimate of drug-likeness (QED) is 0.808. The van der Waals surface area contributed by atoms with E-state index in [1.165, 1.54) is 6.92 Å². The molecule has 1 amide bonds. The second-order valence-corrected chi connectivity index (χ2v) is 7.30. The SMILES string of the molecule is Cc1oc(S(C)(=O)=O)cc1C(=O)NC(CC1CC1)C(=O)O. The van der Waals surface area contributed by atoms with Crippen molar-refractivity contribution in [2.45, 2.75) is 37.3 Å². The first-order valence-corrected chi connectivity index (χ1v) is 8.41. The smallest absolute Gasteiger partial charge is 0.326 e. The molecule has 1 aliphatic carbocycles. The van der Waals surface area contributed by atoms with E-state index in [0.717, 1.165) is 25.2 Å². The molecular formula is C13H17NO6S. The summed E-state index contributed by atoms with van der Waals surface area (Å²) in [6, 6.07) is 0.150. The van der Waals surface area contributed by atoms with E-state index in [9.17, 15) is 18.0 Å². The molecule has 1 unspecified atom stereocenters. The van der Waals surface area contributed by atoms with Gasteiger partial charge in [-0.15, -0.1) is 0 Å². The average Bonchev–Trinajstić information content (AvgIpc) is 3.07. The van der Waals surface area contributed by atoms with Crippen molar-refractivity contribution in [2.75, 3.05) is 6.26 Å². The van der Waals surface area contributed by atoms with Crippen LogP contribution in [0, 0.1) is 12.8 Å². The van der Waals surface area contributed by atoms with E-state index in [-0.39, 0.29) is 16.4 Å². The Balaban J connectivity index is 2.15. The summed E-state index contributed by atoms with van der Waals surface area (Å²) in [6.07, 6.45) is 3.31. The molecule has 0 aliphatic heterocycles. The van der Waals surface area contributed by atoms with Gasteiger partial charge in [-0.1, -0.05) is 12.8 Å². The van der Waals surface area contributed by atoms with Crippen LogP contribution in [-0.2, 0) is 14.6 Å². The molecule has 8 heteroatoms. The van der Waals surface area contributed by atoms with Crippen LogP contribution >= 0.6 is 0 Å². The van der Waals surface area contributed by atoms with E-state index in [2.05, 4.69) is 5.32 Å². The number of furan rings is 1. The van der Waals surface area contributed by atoms with E-state index in [0.29, 0.717) is 12.3 Å². The van der Waals surface area contributed by atoms with Crippen molar-refractivity contribution in [2.24, 2.45) is 5.92 Å². The molecule has 1 fully saturated rings. The second kappa shape index (κ2) is 5.51. The Morgan fingerprint density at radius 1 is 1.48 bits per heavy atom. The number of carboxylic acids is 1. The van der Waals surface area contributed by atoms with E-state index in [1.807, 2.05) is 0 Å². The van der Waals surface area contributed by atoms with Gasteiger partial charge in [-0.05, 0) is 19.3 Å². The van der Waals surface area contributed by atoms with E-state index < -0.39 is 27.8 Å². The molecule has 21 heavy (non-hydrogen) atoms. The molecule has 1 saturated carbocycles. The molecule has 0 radical (unpaired) electrons. The summed E-state index contributed by atoms with van der Waals surface area (Å²) in [5.41, 5.74) is 0.0393. The van der Waals surface area contributed by atoms with Crippen molar-refractivity contribution in [3.05, 3.63) is 17.4 Å². The lowest BCUT2D eigenvalue weighted by Gasteiger charge is -2.13. The summed E-state index contributed by atoms with van der Waals surface area (Å²) in [6.45, 7) is 1.46. The topological polar surface area (TPSA) is 114 Å². The molecule has 7 nitrogen and oxygen atoms in total. The van der Waals surface area contributed by atoms with E-state index >= 15 is 0 Å². The summed E-state index contributed by atoms with van der Waals surface area (Å²) < 4.78 is 27.8. The number of carbonyl (C=O) groups excluding carboxylic acids is 1. The first-order chi connectivity index (χ1) is 9.68. The van der Waals surface area contributed by atoms with Crippen LogP contribution < -0.4 is 5.32 Å². The molecule has 1 heterocycles. The fourth-order valence-corrected chi connectivity index (χ4v) is 2.62. The summed E-state index contributed by atoms with van der Waals surface area (Å²) in [4.78, 5) is 23.2. The summed E-state index contributed by atoms with van der Waals surface area (Å²) >= 11 is 0. The van der Waals surface area contributed by atoms with Crippen molar-refractivity contribution >= 4 is 21.7 Å². The number of nitrogens with one attached hydrogen (secondary N) is 1. The Labute approximate surface area is 122 Å². The van der Waals surface area contributed by atoms with Crippen LogP contribution in [-0.4, -0.2) is 37.7 Å². The molecule has 2 N–H and O–H groups in total. The van der Waals surface area contributed by atoms with E-state index in [4.69, 9.17) is 9.52 Å². The van der Waals surface area contributed by atoms with Gasteiger partial charge in [0.25, 0.3) is 5.91 Å². The summed E-state index contributed by atoms with van der Waals surface area (Å²) in [7, 11) is -3.55. The molecule has 116 valence electrons. The summed E-state index contributed by atoms with van der Waals surface area (Å²) in [5, 5.41) is 11.2. The highest BCUT2D eigenvalue weighted by molar-refractivity contribution is 7.90. The van der Waals surface area contributed by atoms with Crippen molar-refractivity contribution in [3.63, 3.8) is 0 Å². The number of amides is 1. The minimum atomic E-state index is -3.55. The molecule has 1 aliphatic rings. The standard InChI is InChI=1S/C13H17NO6S/c1-7-9(6-11(20-7)21(2,18)19)12(15)14-10(13(16)17)5-8-3-4-8/h6,8,10H,3-5H2,1-2H3,(H,14,15)(H,16,17). The van der Waals surface area contributed by atoms with Gasteiger partial charge < -0.3 is 14.8 Å². The number of aryl methyl sites for hydroxylation is 1. The lowest BCUT2D eigenvalue weighted by molar-refractivity contribution is -0.139. The number of hydrogen-bond donors (Lipinski definition) is 2. The van der Waals surface area contributed by atoms with Gasteiger partial charge in [0.05, 0.1) is 5.56 Å². The van der Waals surface area contributed by atoms with Crippen LogP contribution in [0.15, 0.2) is 15.6 Å². The first kappa shape index (κ1) is 15.6. The minimum Gasteiger partial charge on any atom is -0.480 e. The van der Waals surface area contributed by atoms with Gasteiger partial charge in [-0.3, -0.25) is 4.79 Å². The maximum Gasteiger partial charge on any atom is 0.326 e.